The number of thiazole rings is 1. The SMILES string of the molecule is CNC(c1ccc(C)c(Cl)c1)c1cncs1. The Morgan fingerprint density at radius 3 is 2.81 bits per heavy atom. The lowest BCUT2D eigenvalue weighted by Crippen LogP contribution is -2.16. The minimum Gasteiger partial charge on any atom is -0.309 e. The third-order valence-corrected chi connectivity index (χ3v) is 3.80. The standard InChI is InChI=1S/C12H13ClN2S/c1-8-3-4-9(5-10(8)13)12(14-2)11-6-15-7-16-11/h3-7,12,14H,1-2H3. The Morgan fingerprint density at radius 1 is 1.44 bits per heavy atom. The fourth-order valence-electron chi connectivity index (χ4n) is 1.63. The summed E-state index contributed by atoms with van der Waals surface area (Å²) in [7, 11) is 1.94. The second-order valence-electron chi connectivity index (χ2n) is 3.63. The van der Waals surface area contributed by atoms with E-state index < -0.39 is 0 Å². The zero-order valence-corrected chi connectivity index (χ0v) is 10.8. The fraction of sp³-hybridized carbons (Fsp3) is 0.250. The highest BCUT2D eigenvalue weighted by Crippen LogP contribution is 2.27. The number of aromatic nitrogens is 1. The molecular weight excluding hydrogens is 240 g/mol. The van der Waals surface area contributed by atoms with Crippen molar-refractivity contribution < 1.29 is 0 Å². The largest absolute Gasteiger partial charge is 0.309 e. The smallest absolute Gasteiger partial charge is 0.0794 e. The van der Waals surface area contributed by atoms with Crippen molar-refractivity contribution in [2.45, 2.75) is 13.0 Å². The van der Waals surface area contributed by atoms with Crippen molar-refractivity contribution >= 4 is 22.9 Å². The van der Waals surface area contributed by atoms with Crippen LogP contribution in [-0.2, 0) is 0 Å². The molecule has 0 aliphatic heterocycles. The van der Waals surface area contributed by atoms with Crippen molar-refractivity contribution in [2.24, 2.45) is 0 Å². The van der Waals surface area contributed by atoms with E-state index in [-0.39, 0.29) is 6.04 Å². The van der Waals surface area contributed by atoms with Crippen molar-refractivity contribution in [3.8, 4) is 0 Å². The van der Waals surface area contributed by atoms with Gasteiger partial charge >= 0.3 is 0 Å². The van der Waals surface area contributed by atoms with Gasteiger partial charge in [-0.05, 0) is 31.2 Å². The molecule has 0 amide bonds. The van der Waals surface area contributed by atoms with Crippen LogP contribution in [-0.4, -0.2) is 12.0 Å². The van der Waals surface area contributed by atoms with Crippen molar-refractivity contribution in [3.05, 3.63) is 50.9 Å². The van der Waals surface area contributed by atoms with Crippen molar-refractivity contribution in [1.29, 1.82) is 0 Å². The number of hydrogen-bond donors (Lipinski definition) is 1. The van der Waals surface area contributed by atoms with Crippen LogP contribution in [0.4, 0.5) is 0 Å². The van der Waals surface area contributed by atoms with Crippen LogP contribution in [0.15, 0.2) is 29.9 Å². The lowest BCUT2D eigenvalue weighted by atomic mass is 10.0. The molecule has 2 rings (SSSR count). The zero-order valence-electron chi connectivity index (χ0n) is 9.20. The van der Waals surface area contributed by atoms with Gasteiger partial charge in [0.05, 0.1) is 11.6 Å². The molecule has 0 aliphatic rings. The second kappa shape index (κ2) is 4.95. The summed E-state index contributed by atoms with van der Waals surface area (Å²) in [6, 6.07) is 6.33. The van der Waals surface area contributed by atoms with Gasteiger partial charge in [-0.25, -0.2) is 0 Å². The third kappa shape index (κ3) is 2.26. The monoisotopic (exact) mass is 252 g/mol. The van der Waals surface area contributed by atoms with Crippen molar-refractivity contribution in [1.82, 2.24) is 10.3 Å². The van der Waals surface area contributed by atoms with Crippen LogP contribution in [0.25, 0.3) is 0 Å². The van der Waals surface area contributed by atoms with Crippen molar-refractivity contribution in [2.75, 3.05) is 7.05 Å². The maximum atomic E-state index is 6.14. The lowest BCUT2D eigenvalue weighted by molar-refractivity contribution is 0.702. The Hall–Kier alpha value is -0.900. The normalized spacial score (nSPS) is 12.7. The average Bonchev–Trinajstić information content (AvgIpc) is 2.78. The molecule has 84 valence electrons. The first-order chi connectivity index (χ1) is 7.72. The summed E-state index contributed by atoms with van der Waals surface area (Å²) >= 11 is 7.78. The van der Waals surface area contributed by atoms with Crippen molar-refractivity contribution in [3.63, 3.8) is 0 Å². The van der Waals surface area contributed by atoms with Gasteiger partial charge in [0, 0.05) is 16.1 Å². The summed E-state index contributed by atoms with van der Waals surface area (Å²) in [5.74, 6) is 0. The van der Waals surface area contributed by atoms with E-state index in [1.165, 1.54) is 10.4 Å². The van der Waals surface area contributed by atoms with Crippen LogP contribution < -0.4 is 5.32 Å². The molecule has 1 aromatic carbocycles. The van der Waals surface area contributed by atoms with E-state index in [1.54, 1.807) is 11.3 Å². The molecule has 0 saturated heterocycles. The van der Waals surface area contributed by atoms with E-state index >= 15 is 0 Å². The molecule has 0 bridgehead atoms. The molecule has 1 heterocycles. The molecular formula is C12H13ClN2S. The third-order valence-electron chi connectivity index (χ3n) is 2.55. The number of rotatable bonds is 3. The Morgan fingerprint density at radius 2 is 2.25 bits per heavy atom. The highest BCUT2D eigenvalue weighted by atomic mass is 35.5. The molecule has 4 heteroatoms. The number of aryl methyl sites for hydroxylation is 1. The first-order valence-corrected chi connectivity index (χ1v) is 6.30. The highest BCUT2D eigenvalue weighted by molar-refractivity contribution is 7.09. The molecule has 0 fully saturated rings. The number of hydrogen-bond acceptors (Lipinski definition) is 3. The Balaban J connectivity index is 2.37. The first kappa shape index (κ1) is 11.6. The highest BCUT2D eigenvalue weighted by Gasteiger charge is 2.14. The van der Waals surface area contributed by atoms with E-state index in [4.69, 9.17) is 11.6 Å². The Bertz CT molecular complexity index is 468. The minimum atomic E-state index is 0.172. The van der Waals surface area contributed by atoms with Gasteiger partial charge in [0.15, 0.2) is 0 Å². The average molecular weight is 253 g/mol. The van der Waals surface area contributed by atoms with E-state index in [9.17, 15) is 0 Å². The summed E-state index contributed by atoms with van der Waals surface area (Å²) in [5, 5.41) is 4.09. The van der Waals surface area contributed by atoms with Crippen LogP contribution in [0.5, 0.6) is 0 Å². The number of nitrogens with zero attached hydrogens (tertiary/aromatic N) is 1. The van der Waals surface area contributed by atoms with E-state index in [1.807, 2.05) is 37.8 Å². The first-order valence-electron chi connectivity index (χ1n) is 5.04. The van der Waals surface area contributed by atoms with Crippen LogP contribution in [0, 0.1) is 6.92 Å². The summed E-state index contributed by atoms with van der Waals surface area (Å²) in [6.45, 7) is 2.01. The molecule has 0 aliphatic carbocycles. The predicted octanol–water partition coefficient (Wildman–Crippen LogP) is 3.41. The molecule has 1 atom stereocenters. The molecule has 0 saturated carbocycles. The van der Waals surface area contributed by atoms with Crippen LogP contribution in [0.3, 0.4) is 0 Å². The minimum absolute atomic E-state index is 0.172. The lowest BCUT2D eigenvalue weighted by Gasteiger charge is -2.15. The molecule has 0 spiro atoms. The molecule has 2 nitrogen and oxygen atoms in total. The van der Waals surface area contributed by atoms with E-state index in [0.717, 1.165) is 10.6 Å². The van der Waals surface area contributed by atoms with E-state index in [0.29, 0.717) is 0 Å². The van der Waals surface area contributed by atoms with Gasteiger partial charge in [-0.1, -0.05) is 23.7 Å². The van der Waals surface area contributed by atoms with Gasteiger partial charge in [-0.3, -0.25) is 4.98 Å². The predicted molar refractivity (Wildman–Crippen MR) is 69.2 cm³/mol. The van der Waals surface area contributed by atoms with Crippen LogP contribution in [0.1, 0.15) is 22.0 Å². The summed E-state index contributed by atoms with van der Waals surface area (Å²) in [5.41, 5.74) is 4.11. The molecule has 1 aromatic heterocycles. The summed E-state index contributed by atoms with van der Waals surface area (Å²) < 4.78 is 0. The molecule has 1 N–H and O–H groups in total. The van der Waals surface area contributed by atoms with Gasteiger partial charge in [-0.15, -0.1) is 11.3 Å². The summed E-state index contributed by atoms with van der Waals surface area (Å²) in [4.78, 5) is 5.30. The van der Waals surface area contributed by atoms with E-state index in [2.05, 4.69) is 16.4 Å². The number of nitrogens with one attached hydrogen (secondary N) is 1. The topological polar surface area (TPSA) is 24.9 Å². The summed E-state index contributed by atoms with van der Waals surface area (Å²) in [6.07, 6.45) is 1.89. The Kier molecular flexibility index (Phi) is 3.59. The van der Waals surface area contributed by atoms with Gasteiger partial charge < -0.3 is 5.32 Å². The molecule has 1 unspecified atom stereocenters. The molecule has 0 radical (unpaired) electrons. The Labute approximate surface area is 104 Å². The molecule has 2 aromatic rings. The number of halogens is 1. The second-order valence-corrected chi connectivity index (χ2v) is 4.96. The van der Waals surface area contributed by atoms with Gasteiger partial charge in [0.2, 0.25) is 0 Å². The van der Waals surface area contributed by atoms with Gasteiger partial charge in [0.25, 0.3) is 0 Å². The van der Waals surface area contributed by atoms with Crippen LogP contribution >= 0.6 is 22.9 Å². The molecule has 16 heavy (non-hydrogen) atoms. The number of benzene rings is 1. The maximum absolute atomic E-state index is 6.14. The maximum Gasteiger partial charge on any atom is 0.0794 e. The zero-order chi connectivity index (χ0) is 11.5. The fourth-order valence-corrected chi connectivity index (χ4v) is 2.57. The quantitative estimate of drug-likeness (QED) is 0.906. The van der Waals surface area contributed by atoms with Crippen LogP contribution in [0.2, 0.25) is 5.02 Å². The van der Waals surface area contributed by atoms with Gasteiger partial charge in [-0.2, -0.15) is 0 Å². The van der Waals surface area contributed by atoms with Gasteiger partial charge in [0.1, 0.15) is 0 Å².